The smallest absolute Gasteiger partial charge is 0.261 e. The van der Waals surface area contributed by atoms with Crippen molar-refractivity contribution >= 4 is 114 Å². The largest absolute Gasteiger partial charge is 0.490 e. The molecule has 4 amide bonds. The van der Waals surface area contributed by atoms with Gasteiger partial charge < -0.3 is 37.9 Å². The molecule has 0 radical (unpaired) electrons. The molecular weight excluding hydrogens is 1530 g/mol. The Morgan fingerprint density at radius 3 is 0.922 bits per heavy atom. The number of nitrogens with zero attached hydrogens (tertiary/aromatic N) is 4. The van der Waals surface area contributed by atoms with Gasteiger partial charge in [0.2, 0.25) is 0 Å². The van der Waals surface area contributed by atoms with Gasteiger partial charge in [0, 0.05) is 48.1 Å². The Hall–Kier alpha value is -8.16. The van der Waals surface area contributed by atoms with Crippen LogP contribution in [0, 0.1) is 47.1 Å². The number of thiophene rings is 4. The third-order valence-electron chi connectivity index (χ3n) is 24.9. The molecule has 0 saturated carbocycles. The predicted molar refractivity (Wildman–Crippen MR) is 477 cm³/mol. The normalized spacial score (nSPS) is 16.2. The van der Waals surface area contributed by atoms with Gasteiger partial charge >= 0.3 is 0 Å². The molecule has 618 valence electrons. The van der Waals surface area contributed by atoms with Crippen molar-refractivity contribution < 1.29 is 46.3 Å². The molecule has 13 rings (SSSR count). The monoisotopic (exact) mass is 1650 g/mol. The van der Waals surface area contributed by atoms with Crippen LogP contribution in [-0.2, 0) is 19.2 Å². The van der Waals surface area contributed by atoms with Gasteiger partial charge in [0.15, 0.2) is 23.1 Å². The molecule has 0 N–H and O–H groups in total. The van der Waals surface area contributed by atoms with Crippen molar-refractivity contribution in [2.75, 3.05) is 39.4 Å². The minimum absolute atomic E-state index is 0.138. The van der Waals surface area contributed by atoms with Crippen molar-refractivity contribution in [3.05, 3.63) is 161 Å². The third kappa shape index (κ3) is 17.8. The molecule has 18 heteroatoms. The molecule has 6 unspecified atom stereocenters. The number of unbranched alkanes of at least 4 members (excludes halogenated alkanes) is 6. The summed E-state index contributed by atoms with van der Waals surface area (Å²) in [4.78, 5) is 75.3. The molecule has 12 nitrogen and oxygen atoms in total. The molecular formula is C98H120F2N4O8S4. The highest BCUT2D eigenvalue weighted by molar-refractivity contribution is 7.17. The number of hydrogen-bond acceptors (Lipinski definition) is 12. The minimum Gasteiger partial charge on any atom is -0.490 e. The molecule has 0 aliphatic carbocycles. The van der Waals surface area contributed by atoms with Gasteiger partial charge in [-0.1, -0.05) is 223 Å². The molecule has 9 aromatic rings. The van der Waals surface area contributed by atoms with Crippen LogP contribution in [0.4, 0.5) is 8.78 Å². The number of carbonyl (C=O) groups is 4. The van der Waals surface area contributed by atoms with Crippen molar-refractivity contribution in [1.82, 2.24) is 19.6 Å². The maximum atomic E-state index is 17.5. The van der Waals surface area contributed by atoms with E-state index in [2.05, 4.69) is 83.1 Å². The lowest BCUT2D eigenvalue weighted by molar-refractivity contribution is -0.124. The Morgan fingerprint density at radius 1 is 0.353 bits per heavy atom. The molecule has 3 aromatic carbocycles. The second-order valence-electron chi connectivity index (χ2n) is 32.7. The summed E-state index contributed by atoms with van der Waals surface area (Å²) in [6.45, 7) is 28.8. The summed E-state index contributed by atoms with van der Waals surface area (Å²) in [6, 6.07) is 30.2. The van der Waals surface area contributed by atoms with Crippen LogP contribution in [0.25, 0.3) is 88.3 Å². The maximum absolute atomic E-state index is 17.5. The van der Waals surface area contributed by atoms with E-state index in [4.69, 9.17) is 18.3 Å². The number of halogens is 2. The highest BCUT2D eigenvalue weighted by Crippen LogP contribution is 2.56. The van der Waals surface area contributed by atoms with Gasteiger partial charge in [-0.25, -0.2) is 8.78 Å². The van der Waals surface area contributed by atoms with E-state index in [0.717, 1.165) is 174 Å². The first kappa shape index (κ1) is 85.7. The number of fused-ring (bicyclic) bond motifs is 4. The number of ether oxygens (including phenoxy) is 2. The van der Waals surface area contributed by atoms with Crippen molar-refractivity contribution in [3.63, 3.8) is 0 Å². The first-order valence-electron chi connectivity index (χ1n) is 43.9. The van der Waals surface area contributed by atoms with Crippen LogP contribution in [0.5, 0.6) is 11.5 Å². The lowest BCUT2D eigenvalue weighted by Gasteiger charge is -2.29. The Kier molecular flexibility index (Phi) is 29.3. The fourth-order valence-electron chi connectivity index (χ4n) is 17.6. The second-order valence-corrected chi connectivity index (χ2v) is 36.8. The number of furan rings is 2. The number of carbonyl (C=O) groups excluding carboxylic acids is 4. The summed E-state index contributed by atoms with van der Waals surface area (Å²) in [7, 11) is 0. The molecule has 4 aliphatic rings. The number of rotatable bonds is 46. The summed E-state index contributed by atoms with van der Waals surface area (Å²) < 4.78 is 62.6. The third-order valence-corrected chi connectivity index (χ3v) is 28.9. The van der Waals surface area contributed by atoms with Gasteiger partial charge in [-0.2, -0.15) is 0 Å². The predicted octanol–water partition coefficient (Wildman–Crippen LogP) is 28.0. The molecule has 116 heavy (non-hydrogen) atoms. The zero-order valence-corrected chi connectivity index (χ0v) is 73.8. The molecule has 0 bridgehead atoms. The highest BCUT2D eigenvalue weighted by Gasteiger charge is 2.52. The van der Waals surface area contributed by atoms with Crippen LogP contribution in [0.2, 0.25) is 0 Å². The van der Waals surface area contributed by atoms with Crippen LogP contribution < -0.4 is 9.47 Å². The number of hydrogen-bond donors (Lipinski definition) is 0. The van der Waals surface area contributed by atoms with Crippen LogP contribution in [-0.4, -0.2) is 82.6 Å². The Labute approximate surface area is 703 Å². The average Bonchev–Trinajstić information content (AvgIpc) is 1.48. The van der Waals surface area contributed by atoms with Crippen LogP contribution in [0.15, 0.2) is 139 Å². The van der Waals surface area contributed by atoms with Gasteiger partial charge in [0.1, 0.15) is 22.7 Å². The fraction of sp³-hybridized carbons (Fsp3) is 0.490. The molecule has 0 saturated heterocycles. The summed E-state index contributed by atoms with van der Waals surface area (Å²) in [5.74, 6) is 0.835. The molecule has 10 heterocycles. The van der Waals surface area contributed by atoms with E-state index in [1.54, 1.807) is 34.8 Å². The van der Waals surface area contributed by atoms with E-state index in [1.807, 2.05) is 103 Å². The van der Waals surface area contributed by atoms with E-state index in [1.165, 1.54) is 34.8 Å². The van der Waals surface area contributed by atoms with Crippen molar-refractivity contribution in [2.45, 2.75) is 237 Å². The van der Waals surface area contributed by atoms with Crippen molar-refractivity contribution in [1.29, 1.82) is 0 Å². The van der Waals surface area contributed by atoms with E-state index in [9.17, 15) is 0 Å². The maximum Gasteiger partial charge on any atom is 0.261 e. The Morgan fingerprint density at radius 2 is 0.647 bits per heavy atom. The molecule has 0 fully saturated rings. The lowest BCUT2D eigenvalue weighted by atomic mass is 9.92. The first-order chi connectivity index (χ1) is 56.5. The van der Waals surface area contributed by atoms with E-state index >= 15 is 28.0 Å². The Balaban J connectivity index is 1.02. The zero-order chi connectivity index (χ0) is 81.8. The lowest BCUT2D eigenvalue weighted by Crippen LogP contribution is -2.34. The van der Waals surface area contributed by atoms with E-state index in [-0.39, 0.29) is 70.6 Å². The van der Waals surface area contributed by atoms with Crippen LogP contribution in [0.1, 0.15) is 257 Å². The fourth-order valence-corrected chi connectivity index (χ4v) is 21.2. The van der Waals surface area contributed by atoms with Crippen LogP contribution >= 0.6 is 45.3 Å². The molecule has 4 aliphatic heterocycles. The SMILES string of the molecule is CCCCC(CC)COc1ccc(-c2c3cc(-c4ccc(C5=C6C(=O)N(CC(CC)CCCC)C(c7cccs7)=C6C(=O)N5CC(CC)CCCC)s4)oc3c(-c3ccc(OCC(CC)CCCC)c(F)c3)c3cc(-c4ccc(C5=C6C(=O)N(CC(CC)CCCC)C(c7cccs7)=C6C(=O)N5CC(CC)CCCC)s4)oc23)cc1F. The topological polar surface area (TPSA) is 126 Å². The average molecular weight is 1650 g/mol. The molecule has 6 aromatic heterocycles. The van der Waals surface area contributed by atoms with Crippen molar-refractivity contribution in [3.8, 4) is 55.0 Å². The van der Waals surface area contributed by atoms with E-state index < -0.39 is 11.6 Å². The summed E-state index contributed by atoms with van der Waals surface area (Å²) in [5.41, 5.74) is 7.25. The van der Waals surface area contributed by atoms with Gasteiger partial charge in [-0.05, 0) is 169 Å². The first-order valence-corrected chi connectivity index (χ1v) is 47.3. The highest BCUT2D eigenvalue weighted by atomic mass is 32.1. The minimum atomic E-state index is -0.545. The molecule has 6 atom stereocenters. The number of amides is 4. The van der Waals surface area contributed by atoms with E-state index in [0.29, 0.717) is 150 Å². The van der Waals surface area contributed by atoms with Gasteiger partial charge in [0.05, 0.1) is 87.6 Å². The van der Waals surface area contributed by atoms with Gasteiger partial charge in [-0.3, -0.25) is 19.2 Å². The van der Waals surface area contributed by atoms with Gasteiger partial charge in [-0.15, -0.1) is 45.3 Å². The summed E-state index contributed by atoms with van der Waals surface area (Å²) in [6.07, 6.45) is 23.6. The van der Waals surface area contributed by atoms with Gasteiger partial charge in [0.25, 0.3) is 23.6 Å². The zero-order valence-electron chi connectivity index (χ0n) is 70.5. The second kappa shape index (κ2) is 39.6. The Bertz CT molecular complexity index is 4700. The quantitative estimate of drug-likeness (QED) is 0.0369. The van der Waals surface area contributed by atoms with Crippen molar-refractivity contribution in [2.24, 2.45) is 35.5 Å². The van der Waals surface area contributed by atoms with Crippen LogP contribution in [0.3, 0.4) is 0 Å². The summed E-state index contributed by atoms with van der Waals surface area (Å²) >= 11 is 6.00. The molecule has 0 spiro atoms. The number of benzene rings is 3. The standard InChI is InChI=1S/C98H120F2N4O8S4/c1-13-25-33-61(19-7)55-101-89(79-39-31-49-113-79)85-87(97(101)107)91(103(95(85)105)57-63(21-9)35-27-15-3)81-47-45-77(115-81)75-53-69-83(67-41-43-73(71(99)51-67)109-59-65(23-11)37-29-17-5)94-70(84(93(69)111-75)68-42-44-74(72(100)52-68)110-60-66(24-12)38-30-18-6)54-76(112-94)78-46-48-82(116-78)92-88-86(96(106)104(92)58-64(22-10)36-28-16-4)90(80-40-32-50-114-80)102(98(88)108)56-62(20-8)34-26-14-2/h31-32,39-54,61-66H,13-30,33-38,55-60H2,1-12H3. The summed E-state index contributed by atoms with van der Waals surface area (Å²) in [5, 5.41) is 5.17.